The SMILES string of the molecule is O=C(O)c1c(C(F)(F)F)[nH]c2c(O)cc3c(c12)[C@H](CCl)CN3C(=O)c1cc2c(cn1)[nH]c1ccccc12. The first kappa shape index (κ1) is 23.2. The minimum Gasteiger partial charge on any atom is -0.506 e. The first-order valence-corrected chi connectivity index (χ1v) is 11.6. The number of nitrogens with one attached hydrogen (secondary N) is 2. The van der Waals surface area contributed by atoms with Crippen molar-refractivity contribution in [1.82, 2.24) is 15.0 Å². The van der Waals surface area contributed by atoms with Gasteiger partial charge in [0.05, 0.1) is 28.5 Å². The Kier molecular flexibility index (Phi) is 4.93. The minimum atomic E-state index is -5.02. The van der Waals surface area contributed by atoms with Crippen molar-refractivity contribution in [3.8, 4) is 5.75 Å². The number of phenolic OH excluding ortho intramolecular Hbond substituents is 1. The zero-order chi connectivity index (χ0) is 26.2. The number of para-hydroxylation sites is 1. The van der Waals surface area contributed by atoms with E-state index in [0.717, 1.165) is 27.9 Å². The molecule has 8 nitrogen and oxygen atoms in total. The number of amides is 1. The van der Waals surface area contributed by atoms with Gasteiger partial charge in [0.15, 0.2) is 0 Å². The van der Waals surface area contributed by atoms with Crippen molar-refractivity contribution in [1.29, 1.82) is 0 Å². The van der Waals surface area contributed by atoms with E-state index in [1.807, 2.05) is 29.2 Å². The number of benzene rings is 2. The Labute approximate surface area is 210 Å². The maximum Gasteiger partial charge on any atom is 0.432 e. The third kappa shape index (κ3) is 3.34. The number of aromatic hydroxyl groups is 1. The predicted molar refractivity (Wildman–Crippen MR) is 131 cm³/mol. The largest absolute Gasteiger partial charge is 0.506 e. The van der Waals surface area contributed by atoms with Crippen molar-refractivity contribution >= 4 is 61.9 Å². The molecule has 0 unspecified atom stereocenters. The minimum absolute atomic E-state index is 0.0323. The van der Waals surface area contributed by atoms with Crippen LogP contribution in [0.1, 0.15) is 38.0 Å². The number of nitrogens with zero attached hydrogens (tertiary/aromatic N) is 2. The lowest BCUT2D eigenvalue weighted by Crippen LogP contribution is -2.30. The van der Waals surface area contributed by atoms with Gasteiger partial charge in [0, 0.05) is 46.1 Å². The Morgan fingerprint density at radius 3 is 2.59 bits per heavy atom. The van der Waals surface area contributed by atoms with Crippen LogP contribution in [0.15, 0.2) is 42.6 Å². The number of carboxylic acid groups (broad SMARTS) is 1. The molecule has 3 aromatic heterocycles. The van der Waals surface area contributed by atoms with E-state index in [1.165, 1.54) is 11.1 Å². The number of carbonyl (C=O) groups is 2. The quantitative estimate of drug-likeness (QED) is 0.227. The molecule has 5 aromatic rings. The molecule has 4 N–H and O–H groups in total. The van der Waals surface area contributed by atoms with Crippen LogP contribution in [-0.2, 0) is 6.18 Å². The van der Waals surface area contributed by atoms with E-state index < -0.39 is 41.0 Å². The molecule has 0 radical (unpaired) electrons. The van der Waals surface area contributed by atoms with Crippen LogP contribution in [0.25, 0.3) is 32.7 Å². The number of anilines is 1. The summed E-state index contributed by atoms with van der Waals surface area (Å²) in [5.41, 5.74) is -1.03. The normalized spacial score (nSPS) is 15.7. The molecule has 0 spiro atoms. The number of H-pyrrole nitrogens is 2. The zero-order valence-electron chi connectivity index (χ0n) is 18.7. The second-order valence-corrected chi connectivity index (χ2v) is 9.12. The van der Waals surface area contributed by atoms with Crippen LogP contribution >= 0.6 is 11.6 Å². The smallest absolute Gasteiger partial charge is 0.432 e. The van der Waals surface area contributed by atoms with Crippen molar-refractivity contribution in [2.24, 2.45) is 0 Å². The van der Waals surface area contributed by atoms with Gasteiger partial charge in [0.25, 0.3) is 5.91 Å². The molecule has 0 fully saturated rings. The Morgan fingerprint density at radius 1 is 1.14 bits per heavy atom. The molecule has 12 heteroatoms. The Hall–Kier alpha value is -4.25. The number of aromatic carboxylic acids is 1. The summed E-state index contributed by atoms with van der Waals surface area (Å²) in [6.45, 7) is -0.0323. The van der Waals surface area contributed by atoms with E-state index in [0.29, 0.717) is 0 Å². The summed E-state index contributed by atoms with van der Waals surface area (Å²) in [5, 5.41) is 21.6. The van der Waals surface area contributed by atoms with E-state index >= 15 is 0 Å². The summed E-state index contributed by atoms with van der Waals surface area (Å²) in [5.74, 6) is -3.80. The lowest BCUT2D eigenvalue weighted by atomic mass is 9.95. The second-order valence-electron chi connectivity index (χ2n) is 8.81. The third-order valence-corrected chi connectivity index (χ3v) is 7.09. The number of carboxylic acids is 1. The third-order valence-electron chi connectivity index (χ3n) is 6.72. The molecule has 1 atom stereocenters. The fourth-order valence-corrected chi connectivity index (χ4v) is 5.42. The molecule has 0 saturated carbocycles. The second kappa shape index (κ2) is 7.87. The molecule has 4 heterocycles. The highest BCUT2D eigenvalue weighted by Gasteiger charge is 2.43. The molecular weight excluding hydrogens is 513 g/mol. The molecule has 0 bridgehead atoms. The number of carbonyl (C=O) groups excluding carboxylic acids is 1. The summed E-state index contributed by atoms with van der Waals surface area (Å²) in [6.07, 6.45) is -3.50. The Bertz CT molecular complexity index is 1780. The summed E-state index contributed by atoms with van der Waals surface area (Å²) >= 11 is 6.15. The van der Waals surface area contributed by atoms with Crippen molar-refractivity contribution < 1.29 is 33.0 Å². The van der Waals surface area contributed by atoms with Crippen LogP contribution in [0, 0.1) is 0 Å². The Morgan fingerprint density at radius 2 is 1.89 bits per heavy atom. The first-order chi connectivity index (χ1) is 17.6. The van der Waals surface area contributed by atoms with Crippen LogP contribution in [0.2, 0.25) is 0 Å². The number of rotatable bonds is 3. The van der Waals surface area contributed by atoms with Gasteiger partial charge in [-0.1, -0.05) is 18.2 Å². The molecule has 37 heavy (non-hydrogen) atoms. The molecule has 2 aromatic carbocycles. The lowest BCUT2D eigenvalue weighted by molar-refractivity contribution is -0.141. The molecule has 188 valence electrons. The number of alkyl halides is 4. The van der Waals surface area contributed by atoms with Crippen LogP contribution < -0.4 is 4.90 Å². The van der Waals surface area contributed by atoms with Gasteiger partial charge < -0.3 is 25.1 Å². The number of fused-ring (bicyclic) bond motifs is 6. The predicted octanol–water partition coefficient (Wildman–Crippen LogP) is 5.60. The average Bonchev–Trinajstić information content (AvgIpc) is 3.54. The number of pyridine rings is 1. The van der Waals surface area contributed by atoms with Gasteiger partial charge in [-0.25, -0.2) is 9.78 Å². The van der Waals surface area contributed by atoms with Crippen molar-refractivity contribution in [2.45, 2.75) is 12.1 Å². The number of phenols is 1. The van der Waals surface area contributed by atoms with Crippen molar-refractivity contribution in [3.05, 3.63) is 65.1 Å². The number of aromatic amines is 2. The molecule has 1 aliphatic heterocycles. The summed E-state index contributed by atoms with van der Waals surface area (Å²) in [6, 6.07) is 10.3. The summed E-state index contributed by atoms with van der Waals surface area (Å²) < 4.78 is 41.0. The van der Waals surface area contributed by atoms with Crippen LogP contribution in [-0.4, -0.2) is 49.5 Å². The molecule has 1 aliphatic rings. The average molecular weight is 529 g/mol. The van der Waals surface area contributed by atoms with Gasteiger partial charge in [-0.15, -0.1) is 11.6 Å². The summed E-state index contributed by atoms with van der Waals surface area (Å²) in [7, 11) is 0. The van der Waals surface area contributed by atoms with Crippen LogP contribution in [0.3, 0.4) is 0 Å². The van der Waals surface area contributed by atoms with Gasteiger partial charge in [-0.2, -0.15) is 13.2 Å². The monoisotopic (exact) mass is 528 g/mol. The molecule has 0 aliphatic carbocycles. The van der Waals surface area contributed by atoms with E-state index in [9.17, 15) is 33.0 Å². The Balaban J connectivity index is 1.55. The molecular formula is C25H16ClF3N4O4. The zero-order valence-corrected chi connectivity index (χ0v) is 19.4. The molecule has 0 saturated heterocycles. The highest BCUT2D eigenvalue weighted by Crippen LogP contribution is 2.49. The molecule has 6 rings (SSSR count). The number of aromatic nitrogens is 3. The van der Waals surface area contributed by atoms with Gasteiger partial charge >= 0.3 is 12.1 Å². The first-order valence-electron chi connectivity index (χ1n) is 11.1. The van der Waals surface area contributed by atoms with Crippen molar-refractivity contribution in [2.75, 3.05) is 17.3 Å². The summed E-state index contributed by atoms with van der Waals surface area (Å²) in [4.78, 5) is 36.4. The van der Waals surface area contributed by atoms with Gasteiger partial charge in [-0.3, -0.25) is 4.79 Å². The van der Waals surface area contributed by atoms with Gasteiger partial charge in [-0.05, 0) is 17.7 Å². The maximum atomic E-state index is 13.7. The molecule has 1 amide bonds. The standard InChI is InChI=1S/C25H16ClF3N4O4/c26-7-10-9-33(23(35)14-5-12-11-3-1-2-4-13(11)31-15(12)8-30-14)16-6-17(34)21-19(18(10)16)20(24(36)37)22(32-21)25(27,28)29/h1-6,8,10,31-32,34H,7,9H2,(H,36,37)/t10-/m1/s1. The number of hydrogen-bond acceptors (Lipinski definition) is 4. The van der Waals surface area contributed by atoms with Gasteiger partial charge in [0.1, 0.15) is 17.1 Å². The van der Waals surface area contributed by atoms with Gasteiger partial charge in [0.2, 0.25) is 0 Å². The number of halogens is 4. The lowest BCUT2D eigenvalue weighted by Gasteiger charge is -2.17. The van der Waals surface area contributed by atoms with E-state index in [-0.39, 0.29) is 40.3 Å². The van der Waals surface area contributed by atoms with E-state index in [4.69, 9.17) is 11.6 Å². The van der Waals surface area contributed by atoms with Crippen LogP contribution in [0.5, 0.6) is 5.75 Å². The highest BCUT2D eigenvalue weighted by atomic mass is 35.5. The fraction of sp³-hybridized carbons (Fsp3) is 0.160. The fourth-order valence-electron chi connectivity index (χ4n) is 5.17. The van der Waals surface area contributed by atoms with Crippen molar-refractivity contribution in [3.63, 3.8) is 0 Å². The topological polar surface area (TPSA) is 122 Å². The van der Waals surface area contributed by atoms with E-state index in [2.05, 4.69) is 9.97 Å². The maximum absolute atomic E-state index is 13.7. The number of hydrogen-bond donors (Lipinski definition) is 4. The van der Waals surface area contributed by atoms with Crippen LogP contribution in [0.4, 0.5) is 18.9 Å². The highest BCUT2D eigenvalue weighted by molar-refractivity contribution is 6.20. The van der Waals surface area contributed by atoms with E-state index in [1.54, 1.807) is 6.07 Å².